The maximum absolute atomic E-state index is 12.0. The van der Waals surface area contributed by atoms with Crippen LogP contribution in [-0.4, -0.2) is 44.9 Å². The van der Waals surface area contributed by atoms with Gasteiger partial charge in [0, 0.05) is 19.4 Å². The molecule has 2 rings (SSSR count). The molecule has 1 amide bonds. The minimum absolute atomic E-state index is 0.000324. The quantitative estimate of drug-likeness (QED) is 0.839. The number of aromatic nitrogens is 2. The van der Waals surface area contributed by atoms with Crippen molar-refractivity contribution in [2.75, 3.05) is 7.05 Å². The highest BCUT2D eigenvalue weighted by Gasteiger charge is 2.29. The van der Waals surface area contributed by atoms with Crippen LogP contribution in [0.4, 0.5) is 0 Å². The number of nitrogens with zero attached hydrogens (tertiary/aromatic N) is 3. The van der Waals surface area contributed by atoms with Crippen LogP contribution in [-0.2, 0) is 11.3 Å². The van der Waals surface area contributed by atoms with Crippen molar-refractivity contribution < 1.29 is 9.90 Å². The van der Waals surface area contributed by atoms with Crippen molar-refractivity contribution in [1.82, 2.24) is 14.7 Å². The van der Waals surface area contributed by atoms with Gasteiger partial charge in [0.2, 0.25) is 5.91 Å². The second-order valence-electron chi connectivity index (χ2n) is 4.63. The van der Waals surface area contributed by atoms with E-state index in [9.17, 15) is 9.90 Å². The van der Waals surface area contributed by atoms with Gasteiger partial charge in [-0.05, 0) is 18.9 Å². The fraction of sp³-hybridized carbons (Fsp3) is 0.667. The molecule has 1 N–H and O–H groups in total. The molecule has 17 heavy (non-hydrogen) atoms. The van der Waals surface area contributed by atoms with E-state index in [0.717, 1.165) is 25.7 Å². The normalized spacial score (nSPS) is 24.6. The van der Waals surface area contributed by atoms with Crippen molar-refractivity contribution in [2.45, 2.75) is 44.4 Å². The summed E-state index contributed by atoms with van der Waals surface area (Å²) in [5, 5.41) is 13.9. The molecule has 0 aliphatic heterocycles. The number of likely N-dealkylation sites (N-methyl/N-ethyl adjacent to an activating group) is 1. The smallest absolute Gasteiger partial charge is 0.244 e. The topological polar surface area (TPSA) is 58.4 Å². The maximum Gasteiger partial charge on any atom is 0.244 e. The Hall–Kier alpha value is -1.36. The molecule has 0 bridgehead atoms. The lowest BCUT2D eigenvalue weighted by molar-refractivity contribution is -0.136. The number of aliphatic hydroxyl groups is 1. The minimum atomic E-state index is -0.379. The lowest BCUT2D eigenvalue weighted by Gasteiger charge is -2.35. The van der Waals surface area contributed by atoms with Crippen LogP contribution < -0.4 is 0 Å². The molecule has 1 aliphatic carbocycles. The van der Waals surface area contributed by atoms with Crippen molar-refractivity contribution in [2.24, 2.45) is 0 Å². The third kappa shape index (κ3) is 2.85. The predicted octanol–water partition coefficient (Wildman–Crippen LogP) is 0.645. The monoisotopic (exact) mass is 237 g/mol. The number of hydrogen-bond acceptors (Lipinski definition) is 3. The first-order chi connectivity index (χ1) is 8.18. The van der Waals surface area contributed by atoms with E-state index in [4.69, 9.17) is 0 Å². The number of hydrogen-bond donors (Lipinski definition) is 1. The molecule has 2 atom stereocenters. The highest BCUT2D eigenvalue weighted by atomic mass is 16.3. The van der Waals surface area contributed by atoms with Crippen LogP contribution in [0.5, 0.6) is 0 Å². The zero-order valence-electron chi connectivity index (χ0n) is 10.1. The van der Waals surface area contributed by atoms with Gasteiger partial charge in [0.1, 0.15) is 6.54 Å². The van der Waals surface area contributed by atoms with E-state index >= 15 is 0 Å². The minimum Gasteiger partial charge on any atom is -0.391 e. The summed E-state index contributed by atoms with van der Waals surface area (Å²) >= 11 is 0. The Morgan fingerprint density at radius 3 is 2.94 bits per heavy atom. The Morgan fingerprint density at radius 2 is 2.29 bits per heavy atom. The van der Waals surface area contributed by atoms with Crippen molar-refractivity contribution in [3.8, 4) is 0 Å². The van der Waals surface area contributed by atoms with Crippen molar-refractivity contribution in [3.05, 3.63) is 18.5 Å². The van der Waals surface area contributed by atoms with Gasteiger partial charge in [0.05, 0.1) is 12.1 Å². The number of carbonyl (C=O) groups is 1. The van der Waals surface area contributed by atoms with Gasteiger partial charge in [-0.2, -0.15) is 5.10 Å². The molecule has 0 saturated heterocycles. The van der Waals surface area contributed by atoms with Crippen LogP contribution >= 0.6 is 0 Å². The van der Waals surface area contributed by atoms with Gasteiger partial charge < -0.3 is 10.0 Å². The van der Waals surface area contributed by atoms with Gasteiger partial charge in [0.25, 0.3) is 0 Å². The van der Waals surface area contributed by atoms with E-state index in [-0.39, 0.29) is 24.6 Å². The molecule has 5 nitrogen and oxygen atoms in total. The molecular formula is C12H19N3O2. The predicted molar refractivity (Wildman–Crippen MR) is 63.3 cm³/mol. The van der Waals surface area contributed by atoms with Crippen LogP contribution in [0.15, 0.2) is 18.5 Å². The van der Waals surface area contributed by atoms with Gasteiger partial charge in [0.15, 0.2) is 0 Å². The summed E-state index contributed by atoms with van der Waals surface area (Å²) in [7, 11) is 1.77. The summed E-state index contributed by atoms with van der Waals surface area (Å²) in [6.07, 6.45) is 6.87. The van der Waals surface area contributed by atoms with Crippen molar-refractivity contribution >= 4 is 5.91 Å². The molecular weight excluding hydrogens is 218 g/mol. The molecule has 94 valence electrons. The molecule has 0 spiro atoms. The fourth-order valence-corrected chi connectivity index (χ4v) is 2.37. The zero-order valence-corrected chi connectivity index (χ0v) is 10.1. The van der Waals surface area contributed by atoms with Gasteiger partial charge >= 0.3 is 0 Å². The molecule has 0 aromatic carbocycles. The summed E-state index contributed by atoms with van der Waals surface area (Å²) < 4.78 is 1.61. The molecule has 1 saturated carbocycles. The first-order valence-corrected chi connectivity index (χ1v) is 6.09. The second kappa shape index (κ2) is 5.31. The number of rotatable bonds is 3. The molecule has 1 aromatic rings. The Balaban J connectivity index is 1.94. The van der Waals surface area contributed by atoms with E-state index in [1.54, 1.807) is 35.1 Å². The zero-order chi connectivity index (χ0) is 12.3. The van der Waals surface area contributed by atoms with Gasteiger partial charge in [-0.25, -0.2) is 0 Å². The van der Waals surface area contributed by atoms with Gasteiger partial charge in [-0.3, -0.25) is 9.48 Å². The standard InChI is InChI=1S/C12H19N3O2/c1-14(10-5-2-3-6-11(10)16)12(17)9-15-8-4-7-13-15/h4,7-8,10-11,16H,2-3,5-6,9H2,1H3. The van der Waals surface area contributed by atoms with Gasteiger partial charge in [-0.1, -0.05) is 12.8 Å². The number of amides is 1. The molecule has 1 fully saturated rings. The highest BCUT2D eigenvalue weighted by Crippen LogP contribution is 2.22. The lowest BCUT2D eigenvalue weighted by atomic mass is 9.91. The van der Waals surface area contributed by atoms with Crippen LogP contribution in [0.2, 0.25) is 0 Å². The van der Waals surface area contributed by atoms with E-state index in [0.29, 0.717) is 0 Å². The second-order valence-corrected chi connectivity index (χ2v) is 4.63. The van der Waals surface area contributed by atoms with Gasteiger partial charge in [-0.15, -0.1) is 0 Å². The Kier molecular flexibility index (Phi) is 3.78. The Labute approximate surface area is 101 Å². The number of carbonyl (C=O) groups excluding carboxylic acids is 1. The summed E-state index contributed by atoms with van der Waals surface area (Å²) in [6.45, 7) is 0.243. The molecule has 2 unspecified atom stereocenters. The molecule has 5 heteroatoms. The molecule has 1 aromatic heterocycles. The van der Waals surface area contributed by atoms with Crippen LogP contribution in [0.25, 0.3) is 0 Å². The lowest BCUT2D eigenvalue weighted by Crippen LogP contribution is -2.47. The average Bonchev–Trinajstić information content (AvgIpc) is 2.81. The van der Waals surface area contributed by atoms with E-state index < -0.39 is 0 Å². The summed E-state index contributed by atoms with van der Waals surface area (Å²) in [5.74, 6) is -0.000324. The summed E-state index contributed by atoms with van der Waals surface area (Å²) in [6, 6.07) is 1.76. The molecule has 0 radical (unpaired) electrons. The SMILES string of the molecule is CN(C(=O)Cn1cccn1)C1CCCCC1O. The first kappa shape index (κ1) is 12.1. The number of aliphatic hydroxyl groups excluding tert-OH is 1. The average molecular weight is 237 g/mol. The van der Waals surface area contributed by atoms with Crippen molar-refractivity contribution in [3.63, 3.8) is 0 Å². The first-order valence-electron chi connectivity index (χ1n) is 6.09. The highest BCUT2D eigenvalue weighted by molar-refractivity contribution is 5.76. The van der Waals surface area contributed by atoms with Crippen LogP contribution in [0.3, 0.4) is 0 Å². The third-order valence-corrected chi connectivity index (χ3v) is 3.44. The Morgan fingerprint density at radius 1 is 1.53 bits per heavy atom. The molecule has 1 aliphatic rings. The van der Waals surface area contributed by atoms with Crippen LogP contribution in [0.1, 0.15) is 25.7 Å². The molecule has 1 heterocycles. The van der Waals surface area contributed by atoms with E-state index in [2.05, 4.69) is 5.10 Å². The van der Waals surface area contributed by atoms with Crippen LogP contribution in [0, 0.1) is 0 Å². The Bertz CT molecular complexity index is 364. The maximum atomic E-state index is 12.0. The summed E-state index contributed by atoms with van der Waals surface area (Å²) in [4.78, 5) is 13.7. The van der Waals surface area contributed by atoms with E-state index in [1.165, 1.54) is 0 Å². The third-order valence-electron chi connectivity index (χ3n) is 3.44. The van der Waals surface area contributed by atoms with E-state index in [1.807, 2.05) is 0 Å². The van der Waals surface area contributed by atoms with Crippen molar-refractivity contribution in [1.29, 1.82) is 0 Å². The fourth-order valence-electron chi connectivity index (χ4n) is 2.37. The summed E-state index contributed by atoms with van der Waals surface area (Å²) in [5.41, 5.74) is 0. The largest absolute Gasteiger partial charge is 0.391 e.